The van der Waals surface area contributed by atoms with E-state index in [1.807, 2.05) is 5.38 Å². The first-order valence-corrected chi connectivity index (χ1v) is 5.47. The molecule has 0 unspecified atom stereocenters. The Labute approximate surface area is 90.8 Å². The van der Waals surface area contributed by atoms with Crippen molar-refractivity contribution >= 4 is 17.3 Å². The summed E-state index contributed by atoms with van der Waals surface area (Å²) in [5.74, 6) is -0.890. The summed E-state index contributed by atoms with van der Waals surface area (Å²) in [5.41, 5.74) is 3.11. The number of carboxylic acid groups (broad SMARTS) is 1. The summed E-state index contributed by atoms with van der Waals surface area (Å²) >= 11 is 1.55. The van der Waals surface area contributed by atoms with Crippen molar-refractivity contribution < 1.29 is 9.90 Å². The zero-order valence-electron chi connectivity index (χ0n) is 7.96. The van der Waals surface area contributed by atoms with Crippen LogP contribution in [0.15, 0.2) is 29.2 Å². The third-order valence-corrected chi connectivity index (χ3v) is 2.78. The molecule has 2 heterocycles. The molecule has 0 bridgehead atoms. The van der Waals surface area contributed by atoms with Gasteiger partial charge in [0.1, 0.15) is 5.69 Å². The maximum Gasteiger partial charge on any atom is 0.352 e. The molecule has 0 aliphatic carbocycles. The highest BCUT2D eigenvalue weighted by Gasteiger charge is 2.08. The number of aryl methyl sites for hydroxylation is 2. The summed E-state index contributed by atoms with van der Waals surface area (Å²) in [6, 6.07) is 3.34. The summed E-state index contributed by atoms with van der Waals surface area (Å²) in [7, 11) is 0. The second-order valence-electron chi connectivity index (χ2n) is 3.12. The quantitative estimate of drug-likeness (QED) is 0.859. The number of hydrogen-bond acceptors (Lipinski definition) is 3. The molecule has 0 saturated heterocycles. The van der Waals surface area contributed by atoms with Crippen molar-refractivity contribution in [3.63, 3.8) is 0 Å². The summed E-state index contributed by atoms with van der Waals surface area (Å²) in [6.45, 7) is 0.651. The molecular formula is C10H10N2O2S. The lowest BCUT2D eigenvalue weighted by Gasteiger charge is -2.04. The molecular weight excluding hydrogens is 212 g/mol. The number of carboxylic acids is 1. The van der Waals surface area contributed by atoms with Gasteiger partial charge < -0.3 is 9.67 Å². The lowest BCUT2D eigenvalue weighted by Crippen LogP contribution is -2.09. The monoisotopic (exact) mass is 222 g/mol. The predicted octanol–water partition coefficient (Wildman–Crippen LogP) is 1.89. The van der Waals surface area contributed by atoms with E-state index in [0.717, 1.165) is 12.1 Å². The molecule has 1 N–H and O–H groups in total. The van der Waals surface area contributed by atoms with Gasteiger partial charge >= 0.3 is 5.97 Å². The molecule has 0 fully saturated rings. The molecule has 78 valence electrons. The van der Waals surface area contributed by atoms with Crippen molar-refractivity contribution in [3.8, 4) is 0 Å². The second kappa shape index (κ2) is 4.27. The minimum absolute atomic E-state index is 0.324. The molecule has 2 aromatic heterocycles. The average Bonchev–Trinajstić information content (AvgIpc) is 2.86. The van der Waals surface area contributed by atoms with E-state index >= 15 is 0 Å². The minimum Gasteiger partial charge on any atom is -0.477 e. The van der Waals surface area contributed by atoms with Gasteiger partial charge in [-0.3, -0.25) is 0 Å². The summed E-state index contributed by atoms with van der Waals surface area (Å²) < 4.78 is 1.72. The highest BCUT2D eigenvalue weighted by Crippen LogP contribution is 2.07. The number of rotatable bonds is 4. The Morgan fingerprint density at radius 3 is 3.13 bits per heavy atom. The molecule has 0 aliphatic heterocycles. The molecule has 0 aromatic carbocycles. The van der Waals surface area contributed by atoms with Crippen molar-refractivity contribution in [2.45, 2.75) is 13.0 Å². The Kier molecular flexibility index (Phi) is 2.82. The van der Waals surface area contributed by atoms with Crippen LogP contribution in [0.5, 0.6) is 0 Å². The summed E-state index contributed by atoms with van der Waals surface area (Å²) in [5, 5.41) is 10.9. The van der Waals surface area contributed by atoms with Crippen LogP contribution in [0.2, 0.25) is 0 Å². The topological polar surface area (TPSA) is 55.1 Å². The maximum atomic E-state index is 10.8. The van der Waals surface area contributed by atoms with Gasteiger partial charge in [-0.15, -0.1) is 11.3 Å². The van der Waals surface area contributed by atoms with E-state index in [1.54, 1.807) is 39.7 Å². The highest BCUT2D eigenvalue weighted by molar-refractivity contribution is 7.07. The van der Waals surface area contributed by atoms with Gasteiger partial charge in [-0.25, -0.2) is 9.78 Å². The molecule has 2 rings (SSSR count). The number of aromatic nitrogens is 2. The number of aromatic carboxylic acids is 1. The third-order valence-electron chi connectivity index (χ3n) is 2.14. The SMILES string of the molecule is O=C(O)c1cccn1CCc1cscn1. The van der Waals surface area contributed by atoms with Crippen molar-refractivity contribution in [3.05, 3.63) is 40.6 Å². The highest BCUT2D eigenvalue weighted by atomic mass is 32.1. The van der Waals surface area contributed by atoms with E-state index < -0.39 is 5.97 Å². The van der Waals surface area contributed by atoms with Crippen LogP contribution in [0.25, 0.3) is 0 Å². The Bertz CT molecular complexity index is 448. The first kappa shape index (κ1) is 9.92. The number of nitrogens with zero attached hydrogens (tertiary/aromatic N) is 2. The van der Waals surface area contributed by atoms with Crippen molar-refractivity contribution in [2.24, 2.45) is 0 Å². The third kappa shape index (κ3) is 2.24. The lowest BCUT2D eigenvalue weighted by molar-refractivity contribution is 0.0685. The van der Waals surface area contributed by atoms with Crippen molar-refractivity contribution in [1.82, 2.24) is 9.55 Å². The van der Waals surface area contributed by atoms with Crippen LogP contribution in [0.1, 0.15) is 16.2 Å². The van der Waals surface area contributed by atoms with Gasteiger partial charge in [0, 0.05) is 24.5 Å². The first-order valence-electron chi connectivity index (χ1n) is 4.53. The predicted molar refractivity (Wildman–Crippen MR) is 57.2 cm³/mol. The Morgan fingerprint density at radius 2 is 2.47 bits per heavy atom. The van der Waals surface area contributed by atoms with Gasteiger partial charge in [-0.05, 0) is 12.1 Å². The summed E-state index contributed by atoms with van der Waals surface area (Å²) in [6.07, 6.45) is 2.54. The Balaban J connectivity index is 2.05. The molecule has 0 saturated carbocycles. The van der Waals surface area contributed by atoms with Crippen LogP contribution in [-0.2, 0) is 13.0 Å². The van der Waals surface area contributed by atoms with Crippen molar-refractivity contribution in [2.75, 3.05) is 0 Å². The fourth-order valence-electron chi connectivity index (χ4n) is 1.40. The summed E-state index contributed by atoms with van der Waals surface area (Å²) in [4.78, 5) is 15.0. The van der Waals surface area contributed by atoms with Gasteiger partial charge in [0.15, 0.2) is 0 Å². The van der Waals surface area contributed by atoms with E-state index in [0.29, 0.717) is 12.2 Å². The van der Waals surface area contributed by atoms with Crippen LogP contribution >= 0.6 is 11.3 Å². The zero-order valence-corrected chi connectivity index (χ0v) is 8.78. The first-order chi connectivity index (χ1) is 7.27. The van der Waals surface area contributed by atoms with Crippen LogP contribution in [0.4, 0.5) is 0 Å². The minimum atomic E-state index is -0.890. The van der Waals surface area contributed by atoms with Gasteiger partial charge in [-0.1, -0.05) is 0 Å². The molecule has 5 heteroatoms. The molecule has 0 spiro atoms. The van der Waals surface area contributed by atoms with Crippen LogP contribution in [0, 0.1) is 0 Å². The molecule has 0 aliphatic rings. The number of carbonyl (C=O) groups is 1. The lowest BCUT2D eigenvalue weighted by atomic mass is 10.3. The van der Waals surface area contributed by atoms with E-state index in [-0.39, 0.29) is 0 Å². The largest absolute Gasteiger partial charge is 0.477 e. The number of hydrogen-bond donors (Lipinski definition) is 1. The van der Waals surface area contributed by atoms with E-state index in [2.05, 4.69) is 4.98 Å². The van der Waals surface area contributed by atoms with Gasteiger partial charge in [0.2, 0.25) is 0 Å². The molecule has 0 radical (unpaired) electrons. The maximum absolute atomic E-state index is 10.8. The van der Waals surface area contributed by atoms with E-state index in [9.17, 15) is 4.79 Å². The Morgan fingerprint density at radius 1 is 1.60 bits per heavy atom. The van der Waals surface area contributed by atoms with E-state index in [4.69, 9.17) is 5.11 Å². The molecule has 4 nitrogen and oxygen atoms in total. The molecule has 2 aromatic rings. The molecule has 0 amide bonds. The molecule has 0 atom stereocenters. The Hall–Kier alpha value is -1.62. The standard InChI is InChI=1S/C10H10N2O2S/c13-10(14)9-2-1-4-12(9)5-3-8-6-15-7-11-8/h1-2,4,6-7H,3,5H2,(H,13,14). The molecule has 15 heavy (non-hydrogen) atoms. The van der Waals surface area contributed by atoms with Crippen LogP contribution < -0.4 is 0 Å². The number of thiazole rings is 1. The fourth-order valence-corrected chi connectivity index (χ4v) is 1.99. The van der Waals surface area contributed by atoms with Gasteiger partial charge in [0.25, 0.3) is 0 Å². The van der Waals surface area contributed by atoms with E-state index in [1.165, 1.54) is 0 Å². The van der Waals surface area contributed by atoms with Gasteiger partial charge in [0.05, 0.1) is 11.2 Å². The average molecular weight is 222 g/mol. The van der Waals surface area contributed by atoms with Crippen LogP contribution in [0.3, 0.4) is 0 Å². The zero-order chi connectivity index (χ0) is 10.7. The van der Waals surface area contributed by atoms with Crippen LogP contribution in [-0.4, -0.2) is 20.6 Å². The second-order valence-corrected chi connectivity index (χ2v) is 3.84. The normalized spacial score (nSPS) is 10.4. The fraction of sp³-hybridized carbons (Fsp3) is 0.200. The van der Waals surface area contributed by atoms with Gasteiger partial charge in [-0.2, -0.15) is 0 Å². The smallest absolute Gasteiger partial charge is 0.352 e. The van der Waals surface area contributed by atoms with Crippen molar-refractivity contribution in [1.29, 1.82) is 0 Å².